The van der Waals surface area contributed by atoms with E-state index < -0.39 is 29.9 Å². The van der Waals surface area contributed by atoms with Gasteiger partial charge in [0.15, 0.2) is 0 Å². The number of amides is 1. The topological polar surface area (TPSA) is 75.6 Å². The van der Waals surface area contributed by atoms with Gasteiger partial charge in [0.2, 0.25) is 5.91 Å². The molecule has 0 spiro atoms. The Morgan fingerprint density at radius 3 is 2.19 bits per heavy atom. The monoisotopic (exact) mass is 401 g/mol. The molecule has 2 rings (SSSR count). The number of benzene rings is 2. The fourth-order valence-electron chi connectivity index (χ4n) is 2.33. The van der Waals surface area contributed by atoms with E-state index in [1.807, 2.05) is 0 Å². The van der Waals surface area contributed by atoms with Gasteiger partial charge in [0.1, 0.15) is 5.75 Å². The lowest BCUT2D eigenvalue weighted by atomic mass is 9.96. The van der Waals surface area contributed by atoms with Gasteiger partial charge < -0.3 is 15.2 Å². The number of carbonyl (C=O) groups excluding carboxylic acids is 1. The van der Waals surface area contributed by atoms with Crippen LogP contribution in [0.5, 0.6) is 5.75 Å². The number of carboxylic acids is 1. The Morgan fingerprint density at radius 1 is 1.07 bits per heavy atom. The van der Waals surface area contributed by atoms with Gasteiger partial charge in [-0.3, -0.25) is 9.59 Å². The number of rotatable bonds is 7. The predicted molar refractivity (Wildman–Crippen MR) is 92.7 cm³/mol. The third-order valence-electron chi connectivity index (χ3n) is 3.55. The number of anilines is 1. The van der Waals surface area contributed by atoms with Crippen LogP contribution in [-0.4, -0.2) is 23.3 Å². The van der Waals surface area contributed by atoms with E-state index in [1.54, 1.807) is 24.3 Å². The van der Waals surface area contributed by atoms with Crippen LogP contribution in [0.3, 0.4) is 0 Å². The van der Waals surface area contributed by atoms with E-state index in [-0.39, 0.29) is 18.5 Å². The highest BCUT2D eigenvalue weighted by Gasteiger charge is 2.31. The van der Waals surface area contributed by atoms with Crippen molar-refractivity contribution in [2.75, 3.05) is 5.32 Å². The standard InChI is InChI=1S/C18H15ClF3NO4/c19-13-3-1-11(2-4-13)9-12(17(25)26)10-16(24)23-14-5-7-15(8-6-14)27-18(20,21)22/h1-8,12H,9-10H2,(H,23,24)(H,25,26). The van der Waals surface area contributed by atoms with E-state index in [2.05, 4.69) is 10.1 Å². The molecule has 0 saturated heterocycles. The van der Waals surface area contributed by atoms with Gasteiger partial charge in [-0.1, -0.05) is 23.7 Å². The summed E-state index contributed by atoms with van der Waals surface area (Å²) in [7, 11) is 0. The van der Waals surface area contributed by atoms with Crippen LogP contribution in [0.1, 0.15) is 12.0 Å². The molecule has 0 saturated carbocycles. The number of nitrogens with one attached hydrogen (secondary N) is 1. The number of hydrogen-bond acceptors (Lipinski definition) is 3. The Kier molecular flexibility index (Phi) is 6.68. The number of alkyl halides is 3. The van der Waals surface area contributed by atoms with Crippen molar-refractivity contribution in [1.82, 2.24) is 0 Å². The Hall–Kier alpha value is -2.74. The van der Waals surface area contributed by atoms with Gasteiger partial charge >= 0.3 is 12.3 Å². The fraction of sp³-hybridized carbons (Fsp3) is 0.222. The molecule has 0 aromatic heterocycles. The van der Waals surface area contributed by atoms with E-state index >= 15 is 0 Å². The molecule has 0 fully saturated rings. The molecule has 0 aliphatic rings. The Labute approximate surface area is 157 Å². The van der Waals surface area contributed by atoms with Crippen LogP contribution in [0.4, 0.5) is 18.9 Å². The molecule has 144 valence electrons. The summed E-state index contributed by atoms with van der Waals surface area (Å²) in [4.78, 5) is 23.5. The number of hydrogen-bond donors (Lipinski definition) is 2. The molecular weight excluding hydrogens is 387 g/mol. The predicted octanol–water partition coefficient (Wildman–Crippen LogP) is 4.51. The van der Waals surface area contributed by atoms with Crippen molar-refractivity contribution in [1.29, 1.82) is 0 Å². The van der Waals surface area contributed by atoms with E-state index in [9.17, 15) is 27.9 Å². The van der Waals surface area contributed by atoms with Crippen LogP contribution < -0.4 is 10.1 Å². The van der Waals surface area contributed by atoms with Gasteiger partial charge in [-0.2, -0.15) is 0 Å². The van der Waals surface area contributed by atoms with E-state index in [4.69, 9.17) is 11.6 Å². The molecule has 1 unspecified atom stereocenters. The summed E-state index contributed by atoms with van der Waals surface area (Å²) in [5.74, 6) is -3.08. The second-order valence-corrected chi connectivity index (χ2v) is 6.13. The molecule has 2 aromatic rings. The minimum absolute atomic E-state index is 0.137. The summed E-state index contributed by atoms with van der Waals surface area (Å²) in [6.45, 7) is 0. The zero-order valence-corrected chi connectivity index (χ0v) is 14.6. The second kappa shape index (κ2) is 8.77. The number of halogens is 4. The zero-order chi connectivity index (χ0) is 20.0. The van der Waals surface area contributed by atoms with Gasteiger partial charge in [0.25, 0.3) is 0 Å². The van der Waals surface area contributed by atoms with Crippen LogP contribution >= 0.6 is 11.6 Å². The summed E-state index contributed by atoms with van der Waals surface area (Å²) < 4.78 is 40.1. The van der Waals surface area contributed by atoms with Gasteiger partial charge in [0.05, 0.1) is 5.92 Å². The third kappa shape index (κ3) is 7.18. The lowest BCUT2D eigenvalue weighted by Crippen LogP contribution is -2.24. The number of ether oxygens (including phenoxy) is 1. The average molecular weight is 402 g/mol. The minimum Gasteiger partial charge on any atom is -0.481 e. The highest BCUT2D eigenvalue weighted by Crippen LogP contribution is 2.24. The maximum Gasteiger partial charge on any atom is 0.573 e. The molecule has 0 radical (unpaired) electrons. The van der Waals surface area contributed by atoms with Crippen LogP contribution in [0, 0.1) is 5.92 Å². The summed E-state index contributed by atoms with van der Waals surface area (Å²) in [6.07, 6.45) is -4.96. The van der Waals surface area contributed by atoms with Crippen LogP contribution in [0.2, 0.25) is 5.02 Å². The van der Waals surface area contributed by atoms with Gasteiger partial charge in [0, 0.05) is 17.1 Å². The van der Waals surface area contributed by atoms with Crippen molar-refractivity contribution in [2.24, 2.45) is 5.92 Å². The molecule has 2 aromatic carbocycles. The summed E-state index contributed by atoms with van der Waals surface area (Å²) in [5.41, 5.74) is 0.943. The minimum atomic E-state index is -4.80. The highest BCUT2D eigenvalue weighted by atomic mass is 35.5. The van der Waals surface area contributed by atoms with Gasteiger partial charge in [-0.15, -0.1) is 13.2 Å². The fourth-order valence-corrected chi connectivity index (χ4v) is 2.45. The molecule has 0 heterocycles. The smallest absolute Gasteiger partial charge is 0.481 e. The maximum atomic E-state index is 12.1. The van der Waals surface area contributed by atoms with E-state index in [0.29, 0.717) is 10.6 Å². The van der Waals surface area contributed by atoms with Crippen molar-refractivity contribution >= 4 is 29.2 Å². The largest absolute Gasteiger partial charge is 0.573 e. The first-order valence-electron chi connectivity index (χ1n) is 7.75. The Bertz CT molecular complexity index is 792. The van der Waals surface area contributed by atoms with Crippen molar-refractivity contribution < 1.29 is 32.6 Å². The van der Waals surface area contributed by atoms with Crippen molar-refractivity contribution in [3.63, 3.8) is 0 Å². The number of carbonyl (C=O) groups is 2. The van der Waals surface area contributed by atoms with E-state index in [0.717, 1.165) is 12.1 Å². The lowest BCUT2D eigenvalue weighted by Gasteiger charge is -2.13. The molecule has 0 aliphatic carbocycles. The lowest BCUT2D eigenvalue weighted by molar-refractivity contribution is -0.274. The summed E-state index contributed by atoms with van der Waals surface area (Å²) >= 11 is 5.78. The first-order chi connectivity index (χ1) is 12.6. The highest BCUT2D eigenvalue weighted by molar-refractivity contribution is 6.30. The van der Waals surface area contributed by atoms with Gasteiger partial charge in [-0.25, -0.2) is 0 Å². The molecule has 1 amide bonds. The van der Waals surface area contributed by atoms with Crippen molar-refractivity contribution in [3.8, 4) is 5.75 Å². The third-order valence-corrected chi connectivity index (χ3v) is 3.80. The van der Waals surface area contributed by atoms with Gasteiger partial charge in [-0.05, 0) is 48.4 Å². The molecule has 0 bridgehead atoms. The second-order valence-electron chi connectivity index (χ2n) is 5.69. The van der Waals surface area contributed by atoms with Crippen LogP contribution in [0.25, 0.3) is 0 Å². The van der Waals surface area contributed by atoms with Crippen LogP contribution in [-0.2, 0) is 16.0 Å². The first-order valence-corrected chi connectivity index (χ1v) is 8.13. The van der Waals surface area contributed by atoms with E-state index in [1.165, 1.54) is 12.1 Å². The Balaban J connectivity index is 1.95. The molecule has 9 heteroatoms. The SMILES string of the molecule is O=C(CC(Cc1ccc(Cl)cc1)C(=O)O)Nc1ccc(OC(F)(F)F)cc1. The molecular formula is C18H15ClF3NO4. The summed E-state index contributed by atoms with van der Waals surface area (Å²) in [5, 5.41) is 12.3. The molecule has 1 atom stereocenters. The van der Waals surface area contributed by atoms with Crippen molar-refractivity contribution in [3.05, 3.63) is 59.1 Å². The van der Waals surface area contributed by atoms with Crippen LogP contribution in [0.15, 0.2) is 48.5 Å². The molecule has 27 heavy (non-hydrogen) atoms. The normalized spacial score (nSPS) is 12.3. The zero-order valence-electron chi connectivity index (χ0n) is 13.8. The molecule has 0 aliphatic heterocycles. The number of carboxylic acid groups (broad SMARTS) is 1. The Morgan fingerprint density at radius 2 is 1.67 bits per heavy atom. The first kappa shape index (κ1) is 20.6. The quantitative estimate of drug-likeness (QED) is 0.715. The molecule has 5 nitrogen and oxygen atoms in total. The molecule has 2 N–H and O–H groups in total. The average Bonchev–Trinajstić information content (AvgIpc) is 2.56. The number of aliphatic carboxylic acids is 1. The van der Waals surface area contributed by atoms with Crippen molar-refractivity contribution in [2.45, 2.75) is 19.2 Å². The maximum absolute atomic E-state index is 12.1. The summed E-state index contributed by atoms with van der Waals surface area (Å²) in [6, 6.07) is 11.2.